The predicted molar refractivity (Wildman–Crippen MR) is 84.1 cm³/mol. The summed E-state index contributed by atoms with van der Waals surface area (Å²) in [7, 11) is 0. The molecule has 0 atom stereocenters. The van der Waals surface area contributed by atoms with Crippen molar-refractivity contribution in [3.63, 3.8) is 0 Å². The number of nitrogens with two attached hydrogens (primary N) is 3. The lowest BCUT2D eigenvalue weighted by Gasteiger charge is -2.22. The van der Waals surface area contributed by atoms with Gasteiger partial charge in [-0.2, -0.15) is 0 Å². The van der Waals surface area contributed by atoms with Gasteiger partial charge in [0, 0.05) is 13.1 Å². The largest absolute Gasteiger partial charge is 0.330 e. The molecule has 7 nitrogen and oxygen atoms in total. The molecule has 0 fully saturated rings. The van der Waals surface area contributed by atoms with E-state index in [1.165, 1.54) is 0 Å². The van der Waals surface area contributed by atoms with Crippen molar-refractivity contribution in [1.29, 1.82) is 0 Å². The minimum Gasteiger partial charge on any atom is -0.330 e. The molecule has 0 rings (SSSR count). The predicted octanol–water partition coefficient (Wildman–Crippen LogP) is 0.0984. The quantitative estimate of drug-likeness (QED) is 0.224. The highest BCUT2D eigenvalue weighted by Gasteiger charge is 2.05. The molecule has 0 aromatic rings. The van der Waals surface area contributed by atoms with E-state index in [4.69, 9.17) is 17.2 Å². The molecule has 0 aromatic heterocycles. The molecule has 6 N–H and O–H groups in total. The molecule has 20 heavy (non-hydrogen) atoms. The molecule has 0 spiro atoms. The average Bonchev–Trinajstić information content (AvgIpc) is 2.48. The van der Waals surface area contributed by atoms with Crippen LogP contribution in [0.3, 0.4) is 0 Å². The number of nitrogens with zero attached hydrogens (tertiary/aromatic N) is 3. The molecule has 0 aliphatic heterocycles. The molecule has 0 aliphatic carbocycles. The third kappa shape index (κ3) is 11.1. The maximum atomic E-state index is 10.6. The standard InChI is InChI=1S/C13H32N6O/c14-6-3-10-18(11-4-7-15)9-1-2-12-19(17-20)13-5-8-16/h1-16H2. The Morgan fingerprint density at radius 2 is 1.05 bits per heavy atom. The average molecular weight is 288 g/mol. The van der Waals surface area contributed by atoms with E-state index >= 15 is 0 Å². The monoisotopic (exact) mass is 288 g/mol. The van der Waals surface area contributed by atoms with Crippen molar-refractivity contribution in [3.8, 4) is 0 Å². The Kier molecular flexibility index (Phi) is 14.1. The second-order valence-corrected chi connectivity index (χ2v) is 5.01. The summed E-state index contributed by atoms with van der Waals surface area (Å²) in [5, 5.41) is 4.59. The Balaban J connectivity index is 3.75. The summed E-state index contributed by atoms with van der Waals surface area (Å²) in [6.07, 6.45) is 4.87. The number of hydrogen-bond acceptors (Lipinski definition) is 6. The fourth-order valence-electron chi connectivity index (χ4n) is 2.06. The molecule has 0 saturated heterocycles. The highest BCUT2D eigenvalue weighted by Crippen LogP contribution is 2.01. The molecular weight excluding hydrogens is 256 g/mol. The fraction of sp³-hybridized carbons (Fsp3) is 1.00. The van der Waals surface area contributed by atoms with Crippen molar-refractivity contribution in [2.75, 3.05) is 52.4 Å². The van der Waals surface area contributed by atoms with Gasteiger partial charge in [-0.05, 0) is 71.4 Å². The van der Waals surface area contributed by atoms with Gasteiger partial charge in [-0.15, -0.1) is 4.91 Å². The zero-order chi connectivity index (χ0) is 15.1. The Morgan fingerprint density at radius 1 is 0.650 bits per heavy atom. The second kappa shape index (κ2) is 14.6. The van der Waals surface area contributed by atoms with E-state index in [1.54, 1.807) is 5.01 Å². The molecule has 0 unspecified atom stereocenters. The van der Waals surface area contributed by atoms with Gasteiger partial charge >= 0.3 is 0 Å². The minimum atomic E-state index is 0.595. The van der Waals surface area contributed by atoms with Gasteiger partial charge in [-0.1, -0.05) is 0 Å². The first-order valence-corrected chi connectivity index (χ1v) is 7.69. The van der Waals surface area contributed by atoms with Crippen molar-refractivity contribution < 1.29 is 0 Å². The van der Waals surface area contributed by atoms with Gasteiger partial charge in [0.15, 0.2) is 0 Å². The summed E-state index contributed by atoms with van der Waals surface area (Å²) in [5.41, 5.74) is 16.5. The number of nitroso groups, excluding NO2 is 1. The SMILES string of the molecule is NCCCN(CCCN)CCCCN(CCCN)N=O. The van der Waals surface area contributed by atoms with Crippen LogP contribution in [0.15, 0.2) is 5.29 Å². The van der Waals surface area contributed by atoms with Gasteiger partial charge in [0.05, 0.1) is 5.29 Å². The Labute approximate surface area is 122 Å². The van der Waals surface area contributed by atoms with E-state index in [1.807, 2.05) is 0 Å². The van der Waals surface area contributed by atoms with Crippen LogP contribution in [0.1, 0.15) is 32.1 Å². The van der Waals surface area contributed by atoms with E-state index in [2.05, 4.69) is 10.2 Å². The summed E-state index contributed by atoms with van der Waals surface area (Å²) in [4.78, 5) is 13.0. The number of hydrogen-bond donors (Lipinski definition) is 3. The lowest BCUT2D eigenvalue weighted by Crippen LogP contribution is -2.30. The van der Waals surface area contributed by atoms with Crippen LogP contribution < -0.4 is 17.2 Å². The normalized spacial score (nSPS) is 11.0. The molecular formula is C13H32N6O. The molecule has 120 valence electrons. The Hall–Kier alpha value is -0.760. The first-order valence-electron chi connectivity index (χ1n) is 7.69. The van der Waals surface area contributed by atoms with Gasteiger partial charge in [0.2, 0.25) is 0 Å². The summed E-state index contributed by atoms with van der Waals surface area (Å²) in [6, 6.07) is 0. The van der Waals surface area contributed by atoms with Gasteiger partial charge in [-0.3, -0.25) is 5.01 Å². The maximum absolute atomic E-state index is 10.6. The lowest BCUT2D eigenvalue weighted by molar-refractivity contribution is 0.241. The number of unbranched alkanes of at least 4 members (excludes halogenated alkanes) is 1. The second-order valence-electron chi connectivity index (χ2n) is 5.01. The molecule has 7 heteroatoms. The van der Waals surface area contributed by atoms with E-state index in [0.29, 0.717) is 19.6 Å². The van der Waals surface area contributed by atoms with E-state index in [-0.39, 0.29) is 0 Å². The van der Waals surface area contributed by atoms with Crippen LogP contribution in [0.25, 0.3) is 0 Å². The maximum Gasteiger partial charge on any atom is 0.0523 e. The van der Waals surface area contributed by atoms with Crippen LogP contribution in [0, 0.1) is 4.91 Å². The van der Waals surface area contributed by atoms with Crippen LogP contribution in [0.2, 0.25) is 0 Å². The highest BCUT2D eigenvalue weighted by atomic mass is 16.3. The Bertz CT molecular complexity index is 209. The van der Waals surface area contributed by atoms with Crippen molar-refractivity contribution in [2.45, 2.75) is 32.1 Å². The minimum absolute atomic E-state index is 0.595. The first kappa shape index (κ1) is 19.2. The van der Waals surface area contributed by atoms with E-state index in [9.17, 15) is 4.91 Å². The third-order valence-corrected chi connectivity index (χ3v) is 3.23. The van der Waals surface area contributed by atoms with Crippen LogP contribution >= 0.6 is 0 Å². The van der Waals surface area contributed by atoms with Gasteiger partial charge in [0.25, 0.3) is 0 Å². The molecule has 0 radical (unpaired) electrons. The molecule has 0 bridgehead atoms. The smallest absolute Gasteiger partial charge is 0.0523 e. The van der Waals surface area contributed by atoms with Crippen LogP contribution in [0.5, 0.6) is 0 Å². The molecule has 0 aliphatic rings. The molecule has 0 heterocycles. The van der Waals surface area contributed by atoms with Gasteiger partial charge < -0.3 is 22.1 Å². The van der Waals surface area contributed by atoms with Crippen LogP contribution in [-0.4, -0.2) is 62.3 Å². The van der Waals surface area contributed by atoms with Crippen molar-refractivity contribution in [3.05, 3.63) is 4.91 Å². The Morgan fingerprint density at radius 3 is 1.55 bits per heavy atom. The van der Waals surface area contributed by atoms with Gasteiger partial charge in [-0.25, -0.2) is 0 Å². The summed E-state index contributed by atoms with van der Waals surface area (Å²) in [6.45, 7) is 6.50. The first-order chi connectivity index (χ1) is 9.78. The van der Waals surface area contributed by atoms with Gasteiger partial charge in [0.1, 0.15) is 0 Å². The van der Waals surface area contributed by atoms with Crippen LogP contribution in [-0.2, 0) is 0 Å². The van der Waals surface area contributed by atoms with Crippen molar-refractivity contribution >= 4 is 0 Å². The molecule has 0 aromatic carbocycles. The van der Waals surface area contributed by atoms with Crippen molar-refractivity contribution in [1.82, 2.24) is 9.91 Å². The summed E-state index contributed by atoms with van der Waals surface area (Å²) >= 11 is 0. The molecule has 0 amide bonds. The van der Waals surface area contributed by atoms with Crippen LogP contribution in [0.4, 0.5) is 0 Å². The number of rotatable bonds is 15. The summed E-state index contributed by atoms with van der Waals surface area (Å²) < 4.78 is 0. The third-order valence-electron chi connectivity index (χ3n) is 3.23. The van der Waals surface area contributed by atoms with Crippen molar-refractivity contribution in [2.24, 2.45) is 22.5 Å². The summed E-state index contributed by atoms with van der Waals surface area (Å²) in [5.74, 6) is 0. The zero-order valence-corrected chi connectivity index (χ0v) is 12.7. The highest BCUT2D eigenvalue weighted by molar-refractivity contribution is 4.61. The topological polar surface area (TPSA) is 114 Å². The lowest BCUT2D eigenvalue weighted by atomic mass is 10.2. The fourth-order valence-corrected chi connectivity index (χ4v) is 2.06. The van der Waals surface area contributed by atoms with E-state index < -0.39 is 0 Å². The molecule has 0 saturated carbocycles. The van der Waals surface area contributed by atoms with E-state index in [0.717, 1.165) is 64.8 Å². The zero-order valence-electron chi connectivity index (χ0n) is 12.7.